The van der Waals surface area contributed by atoms with Crippen LogP contribution in [0.2, 0.25) is 0 Å². The first-order chi connectivity index (χ1) is 28.8. The lowest BCUT2D eigenvalue weighted by Gasteiger charge is -2.61. The molecule has 8 nitrogen and oxygen atoms in total. The zero-order valence-electron chi connectivity index (χ0n) is 38.7. The van der Waals surface area contributed by atoms with Crippen LogP contribution >= 0.6 is 0 Å². The maximum Gasteiger partial charge on any atom is 0.309 e. The maximum absolute atomic E-state index is 14.1. The van der Waals surface area contributed by atoms with Crippen LogP contribution in [0.15, 0.2) is 48.5 Å². The van der Waals surface area contributed by atoms with E-state index in [9.17, 15) is 19.2 Å². The Morgan fingerprint density at radius 2 is 1.26 bits per heavy atom. The molecule has 334 valence electrons. The van der Waals surface area contributed by atoms with Gasteiger partial charge in [0, 0.05) is 18.8 Å². The first kappa shape index (κ1) is 45.3. The number of hydrogen-bond donors (Lipinski definition) is 0. The minimum atomic E-state index is -0.801. The second-order valence-corrected chi connectivity index (χ2v) is 22.3. The summed E-state index contributed by atoms with van der Waals surface area (Å²) in [7, 11) is 0. The predicted molar refractivity (Wildman–Crippen MR) is 237 cm³/mol. The molecule has 4 fully saturated rings. The van der Waals surface area contributed by atoms with Gasteiger partial charge in [0.2, 0.25) is 0 Å². The fourth-order valence-corrected chi connectivity index (χ4v) is 13.4. The molecular formula is C53H74O8. The van der Waals surface area contributed by atoms with Gasteiger partial charge in [-0.05, 0) is 181 Å². The smallest absolute Gasteiger partial charge is 0.309 e. The van der Waals surface area contributed by atoms with E-state index in [2.05, 4.69) is 45.0 Å². The SMILES string of the molecule is C[C@H](CCC(=O)OC(C)(C)C)C1CC[C@H]2[C@@H]3CC[C@@H]4C[C@@H](OC(=O)C(CCC(=O)OC(C)(C)C)CC(=O)OCC5c6ccccc6-c6ccccc65)CC[C@]4(C)[C@H]3CC[C@]12C. The van der Waals surface area contributed by atoms with Gasteiger partial charge in [-0.3, -0.25) is 19.2 Å². The standard InChI is InChI=1S/C53H74O8/c1-33(18-24-46(54)60-50(2,3)4)43-22-23-44-41-21-20-35-31-36(26-28-52(35,8)45(41)27-29-53(43,44)9)59-49(57)34(19-25-47(55)61-51(5,6)7)30-48(56)58-32-42-39-16-12-10-14-37(39)38-15-11-13-17-40(38)42/h10-17,33-36,41-45H,18-32H2,1-9H3/t33-,34?,35-,36+,41+,43?,44+,45+,52+,53-/m1/s1. The van der Waals surface area contributed by atoms with Gasteiger partial charge in [-0.15, -0.1) is 0 Å². The Bertz CT molecular complexity index is 1870. The third-order valence-corrected chi connectivity index (χ3v) is 16.1. The molecule has 8 heteroatoms. The topological polar surface area (TPSA) is 105 Å². The number of carbonyl (C=O) groups is 4. The summed E-state index contributed by atoms with van der Waals surface area (Å²) in [4.78, 5) is 53.1. The average Bonchev–Trinajstić information content (AvgIpc) is 3.71. The van der Waals surface area contributed by atoms with Crippen LogP contribution in [0.25, 0.3) is 11.1 Å². The van der Waals surface area contributed by atoms with Crippen molar-refractivity contribution in [2.24, 2.45) is 52.3 Å². The van der Waals surface area contributed by atoms with Crippen molar-refractivity contribution >= 4 is 23.9 Å². The molecule has 0 radical (unpaired) electrons. The van der Waals surface area contributed by atoms with Crippen LogP contribution in [-0.4, -0.2) is 47.8 Å². The predicted octanol–water partition coefficient (Wildman–Crippen LogP) is 11.8. The maximum atomic E-state index is 14.1. The molecule has 0 spiro atoms. The molecule has 7 rings (SSSR count). The second-order valence-electron chi connectivity index (χ2n) is 22.3. The van der Waals surface area contributed by atoms with Crippen molar-refractivity contribution in [1.29, 1.82) is 0 Å². The molecule has 2 aromatic carbocycles. The van der Waals surface area contributed by atoms with E-state index >= 15 is 0 Å². The minimum Gasteiger partial charge on any atom is -0.465 e. The van der Waals surface area contributed by atoms with Crippen molar-refractivity contribution in [2.45, 2.75) is 175 Å². The Kier molecular flexibility index (Phi) is 13.3. The molecule has 0 saturated heterocycles. The molecule has 61 heavy (non-hydrogen) atoms. The van der Waals surface area contributed by atoms with E-state index in [1.165, 1.54) is 32.1 Å². The Hall–Kier alpha value is -3.68. The van der Waals surface area contributed by atoms with E-state index in [4.69, 9.17) is 18.9 Å². The highest BCUT2D eigenvalue weighted by molar-refractivity contribution is 5.82. The third kappa shape index (κ3) is 9.94. The molecule has 2 aromatic rings. The summed E-state index contributed by atoms with van der Waals surface area (Å²) in [5, 5.41) is 0. The average molecular weight is 839 g/mol. The summed E-state index contributed by atoms with van der Waals surface area (Å²) in [6, 6.07) is 16.5. The van der Waals surface area contributed by atoms with Gasteiger partial charge >= 0.3 is 23.9 Å². The summed E-state index contributed by atoms with van der Waals surface area (Å²) in [5.41, 5.74) is 4.00. The molecule has 10 atom stereocenters. The molecule has 2 unspecified atom stereocenters. The largest absolute Gasteiger partial charge is 0.465 e. The van der Waals surface area contributed by atoms with Gasteiger partial charge < -0.3 is 18.9 Å². The lowest BCUT2D eigenvalue weighted by molar-refractivity contribution is -0.170. The van der Waals surface area contributed by atoms with E-state index in [-0.39, 0.29) is 49.3 Å². The normalized spacial score (nSPS) is 30.4. The summed E-state index contributed by atoms with van der Waals surface area (Å²) < 4.78 is 23.5. The fraction of sp³-hybridized carbons (Fsp3) is 0.698. The van der Waals surface area contributed by atoms with E-state index in [0.29, 0.717) is 35.5 Å². The fourth-order valence-electron chi connectivity index (χ4n) is 13.4. The van der Waals surface area contributed by atoms with Crippen LogP contribution in [0.4, 0.5) is 0 Å². The number of benzene rings is 2. The van der Waals surface area contributed by atoms with Gasteiger partial charge in [0.1, 0.15) is 23.9 Å². The van der Waals surface area contributed by atoms with E-state index < -0.39 is 35.0 Å². The van der Waals surface area contributed by atoms with Crippen LogP contribution in [0, 0.1) is 52.3 Å². The van der Waals surface area contributed by atoms with Crippen LogP contribution in [0.5, 0.6) is 0 Å². The Morgan fingerprint density at radius 3 is 1.89 bits per heavy atom. The molecule has 0 heterocycles. The first-order valence-corrected chi connectivity index (χ1v) is 23.7. The van der Waals surface area contributed by atoms with Crippen molar-refractivity contribution in [3.63, 3.8) is 0 Å². The molecule has 0 amide bonds. The van der Waals surface area contributed by atoms with Gasteiger partial charge in [-0.25, -0.2) is 0 Å². The van der Waals surface area contributed by atoms with E-state index in [1.807, 2.05) is 65.8 Å². The first-order valence-electron chi connectivity index (χ1n) is 23.7. The van der Waals surface area contributed by atoms with Crippen molar-refractivity contribution < 1.29 is 38.1 Å². The quantitative estimate of drug-likeness (QED) is 0.145. The Labute approximate surface area is 366 Å². The highest BCUT2D eigenvalue weighted by Crippen LogP contribution is 2.68. The summed E-state index contributed by atoms with van der Waals surface area (Å²) in [5.74, 6) is 1.50. The van der Waals surface area contributed by atoms with Gasteiger partial charge in [0.15, 0.2) is 0 Å². The molecule has 5 aliphatic rings. The second kappa shape index (κ2) is 17.8. The number of fused-ring (bicyclic) bond motifs is 8. The number of rotatable bonds is 13. The summed E-state index contributed by atoms with van der Waals surface area (Å²) >= 11 is 0. The van der Waals surface area contributed by atoms with E-state index in [0.717, 1.165) is 66.2 Å². The monoisotopic (exact) mass is 839 g/mol. The van der Waals surface area contributed by atoms with Gasteiger partial charge in [0.05, 0.1) is 12.3 Å². The lowest BCUT2D eigenvalue weighted by atomic mass is 9.44. The number of esters is 4. The molecule has 5 aliphatic carbocycles. The molecule has 0 aliphatic heterocycles. The van der Waals surface area contributed by atoms with Crippen LogP contribution < -0.4 is 0 Å². The van der Waals surface area contributed by atoms with Gasteiger partial charge in [-0.1, -0.05) is 69.3 Å². The summed E-state index contributed by atoms with van der Waals surface area (Å²) in [6.45, 7) is 18.9. The molecule has 0 aromatic heterocycles. The highest BCUT2D eigenvalue weighted by Gasteiger charge is 2.61. The van der Waals surface area contributed by atoms with E-state index in [1.54, 1.807) is 0 Å². The number of hydrogen-bond acceptors (Lipinski definition) is 8. The molecule has 4 saturated carbocycles. The Balaban J connectivity index is 0.959. The number of carbonyl (C=O) groups excluding carboxylic acids is 4. The Morgan fingerprint density at radius 1 is 0.689 bits per heavy atom. The zero-order chi connectivity index (χ0) is 43.9. The van der Waals surface area contributed by atoms with Gasteiger partial charge in [0.25, 0.3) is 0 Å². The summed E-state index contributed by atoms with van der Waals surface area (Å²) in [6.07, 6.45) is 11.3. The molecular weight excluding hydrogens is 765 g/mol. The lowest BCUT2D eigenvalue weighted by Crippen LogP contribution is -2.54. The molecule has 0 N–H and O–H groups in total. The van der Waals surface area contributed by atoms with Crippen molar-refractivity contribution in [2.75, 3.05) is 6.61 Å². The third-order valence-electron chi connectivity index (χ3n) is 16.1. The van der Waals surface area contributed by atoms with Crippen molar-refractivity contribution in [3.05, 3.63) is 59.7 Å². The van der Waals surface area contributed by atoms with Crippen LogP contribution in [0.3, 0.4) is 0 Å². The van der Waals surface area contributed by atoms with Crippen molar-refractivity contribution in [1.82, 2.24) is 0 Å². The highest BCUT2D eigenvalue weighted by atomic mass is 16.6. The zero-order valence-corrected chi connectivity index (χ0v) is 38.7. The minimum absolute atomic E-state index is 0.0194. The molecule has 0 bridgehead atoms. The van der Waals surface area contributed by atoms with Crippen LogP contribution in [-0.2, 0) is 38.1 Å². The number of ether oxygens (including phenoxy) is 4. The van der Waals surface area contributed by atoms with Crippen molar-refractivity contribution in [3.8, 4) is 11.1 Å². The van der Waals surface area contributed by atoms with Crippen LogP contribution in [0.1, 0.15) is 169 Å². The van der Waals surface area contributed by atoms with Gasteiger partial charge in [-0.2, -0.15) is 0 Å².